The molecule has 2 fully saturated rings. The van der Waals surface area contributed by atoms with Crippen molar-refractivity contribution in [1.29, 1.82) is 0 Å². The van der Waals surface area contributed by atoms with E-state index in [0.29, 0.717) is 19.8 Å². The Morgan fingerprint density at radius 2 is 1.75 bits per heavy atom. The second-order valence-corrected chi connectivity index (χ2v) is 8.34. The first-order valence-corrected chi connectivity index (χ1v) is 9.63. The zero-order chi connectivity index (χ0) is 16.6. The van der Waals surface area contributed by atoms with Crippen LogP contribution in [0.15, 0.2) is 59.8 Å². The molecule has 0 aliphatic carbocycles. The van der Waals surface area contributed by atoms with Gasteiger partial charge in [-0.15, -0.1) is 0 Å². The molecule has 24 heavy (non-hydrogen) atoms. The van der Waals surface area contributed by atoms with E-state index in [9.17, 15) is 8.42 Å². The highest BCUT2D eigenvalue weighted by Crippen LogP contribution is 2.56. The Bertz CT molecular complexity index is 803. The molecule has 1 aromatic carbocycles. The van der Waals surface area contributed by atoms with E-state index < -0.39 is 10.0 Å². The topological polar surface area (TPSA) is 59.5 Å². The van der Waals surface area contributed by atoms with Crippen LogP contribution in [0, 0.1) is 5.41 Å². The first kappa shape index (κ1) is 15.7. The van der Waals surface area contributed by atoms with Crippen molar-refractivity contribution in [3.05, 3.63) is 60.3 Å². The summed E-state index contributed by atoms with van der Waals surface area (Å²) >= 11 is 0. The molecule has 126 valence electrons. The van der Waals surface area contributed by atoms with Gasteiger partial charge in [0.15, 0.2) is 5.03 Å². The predicted molar refractivity (Wildman–Crippen MR) is 89.8 cm³/mol. The number of nitrogens with zero attached hydrogens (tertiary/aromatic N) is 2. The van der Waals surface area contributed by atoms with Crippen molar-refractivity contribution in [2.24, 2.45) is 5.41 Å². The smallest absolute Gasteiger partial charge is 0.261 e. The van der Waals surface area contributed by atoms with Crippen LogP contribution >= 0.6 is 0 Å². The van der Waals surface area contributed by atoms with Crippen LogP contribution in [0.2, 0.25) is 0 Å². The normalized spacial score (nSPS) is 23.8. The quantitative estimate of drug-likeness (QED) is 0.859. The Kier molecular flexibility index (Phi) is 3.90. The summed E-state index contributed by atoms with van der Waals surface area (Å²) in [6, 6.07) is 14.8. The molecular weight excluding hydrogens is 324 g/mol. The molecule has 1 aromatic heterocycles. The zero-order valence-electron chi connectivity index (χ0n) is 13.3. The van der Waals surface area contributed by atoms with Crippen LogP contribution in [0.4, 0.5) is 0 Å². The molecule has 0 saturated carbocycles. The summed E-state index contributed by atoms with van der Waals surface area (Å²) in [5, 5.41) is 0.118. The Balaban J connectivity index is 1.74. The van der Waals surface area contributed by atoms with Gasteiger partial charge in [-0.2, -0.15) is 4.31 Å². The second-order valence-electron chi connectivity index (χ2n) is 6.51. The lowest BCUT2D eigenvalue weighted by atomic mass is 9.65. The average molecular weight is 344 g/mol. The van der Waals surface area contributed by atoms with Crippen molar-refractivity contribution in [3.8, 4) is 0 Å². The maximum absolute atomic E-state index is 13.1. The van der Waals surface area contributed by atoms with Crippen molar-refractivity contribution in [2.75, 3.05) is 19.8 Å². The summed E-state index contributed by atoms with van der Waals surface area (Å²) in [4.78, 5) is 4.06. The molecular formula is C18H20N2O3S. The molecule has 2 aromatic rings. The van der Waals surface area contributed by atoms with Gasteiger partial charge < -0.3 is 4.74 Å². The number of benzene rings is 1. The summed E-state index contributed by atoms with van der Waals surface area (Å²) in [7, 11) is -3.59. The van der Waals surface area contributed by atoms with Gasteiger partial charge in [-0.25, -0.2) is 13.4 Å². The minimum Gasteiger partial charge on any atom is -0.381 e. The van der Waals surface area contributed by atoms with Crippen molar-refractivity contribution in [1.82, 2.24) is 9.29 Å². The minimum absolute atomic E-state index is 0.0263. The first-order chi connectivity index (χ1) is 11.6. The van der Waals surface area contributed by atoms with Crippen LogP contribution in [-0.2, 0) is 14.8 Å². The molecule has 0 bridgehead atoms. The molecule has 5 nitrogen and oxygen atoms in total. The molecule has 3 heterocycles. The van der Waals surface area contributed by atoms with Crippen molar-refractivity contribution >= 4 is 10.0 Å². The van der Waals surface area contributed by atoms with E-state index in [0.717, 1.165) is 18.4 Å². The van der Waals surface area contributed by atoms with Gasteiger partial charge in [0.25, 0.3) is 10.0 Å². The molecule has 1 unspecified atom stereocenters. The Hall–Kier alpha value is -1.76. The maximum Gasteiger partial charge on any atom is 0.261 e. The number of hydrogen-bond donors (Lipinski definition) is 0. The van der Waals surface area contributed by atoms with E-state index in [1.54, 1.807) is 22.5 Å². The third-order valence-corrected chi connectivity index (χ3v) is 6.88. The van der Waals surface area contributed by atoms with Gasteiger partial charge in [0.1, 0.15) is 0 Å². The molecule has 1 atom stereocenters. The summed E-state index contributed by atoms with van der Waals surface area (Å²) in [6.45, 7) is 1.93. The highest BCUT2D eigenvalue weighted by molar-refractivity contribution is 7.89. The largest absolute Gasteiger partial charge is 0.381 e. The third-order valence-electron chi connectivity index (χ3n) is 5.15. The SMILES string of the molecule is O=S(=O)(c1ccccn1)N1CC2(CCOCC2)C1c1ccccc1. The van der Waals surface area contributed by atoms with Gasteiger partial charge in [0.05, 0.1) is 6.04 Å². The molecule has 6 heteroatoms. The van der Waals surface area contributed by atoms with Crippen LogP contribution in [0.1, 0.15) is 24.4 Å². The van der Waals surface area contributed by atoms with Gasteiger partial charge >= 0.3 is 0 Å². The summed E-state index contributed by atoms with van der Waals surface area (Å²) in [5.41, 5.74) is 1.02. The number of aromatic nitrogens is 1. The van der Waals surface area contributed by atoms with Gasteiger partial charge in [-0.05, 0) is 30.5 Å². The molecule has 2 saturated heterocycles. The number of rotatable bonds is 3. The molecule has 2 aliphatic rings. The fraction of sp³-hybridized carbons (Fsp3) is 0.389. The fourth-order valence-corrected chi connectivity index (χ4v) is 5.62. The number of sulfonamides is 1. The standard InChI is InChI=1S/C18H20N2O3S/c21-24(22,16-8-4-5-11-19-16)20-14-18(9-12-23-13-10-18)17(20)15-6-2-1-3-7-15/h1-8,11,17H,9-10,12-14H2. The Labute approximate surface area is 142 Å². The highest BCUT2D eigenvalue weighted by Gasteiger charge is 2.58. The van der Waals surface area contributed by atoms with E-state index in [-0.39, 0.29) is 16.5 Å². The lowest BCUT2D eigenvalue weighted by Crippen LogP contribution is -2.62. The fourth-order valence-electron chi connectivity index (χ4n) is 3.89. The van der Waals surface area contributed by atoms with Crippen LogP contribution < -0.4 is 0 Å². The Morgan fingerprint density at radius 1 is 1.04 bits per heavy atom. The lowest BCUT2D eigenvalue weighted by Gasteiger charge is -2.58. The second kappa shape index (κ2) is 5.95. The van der Waals surface area contributed by atoms with Crippen molar-refractivity contribution < 1.29 is 13.2 Å². The van der Waals surface area contributed by atoms with Crippen LogP contribution in [0.3, 0.4) is 0 Å². The molecule has 0 radical (unpaired) electrons. The molecule has 4 rings (SSSR count). The third kappa shape index (κ3) is 2.46. The lowest BCUT2D eigenvalue weighted by molar-refractivity contribution is -0.0953. The van der Waals surface area contributed by atoms with Gasteiger partial charge in [0, 0.05) is 31.4 Å². The molecule has 2 aliphatic heterocycles. The number of pyridine rings is 1. The minimum atomic E-state index is -3.59. The molecule has 0 amide bonds. The molecule has 1 spiro atoms. The highest BCUT2D eigenvalue weighted by atomic mass is 32.2. The average Bonchev–Trinajstić information content (AvgIpc) is 2.62. The van der Waals surface area contributed by atoms with E-state index in [4.69, 9.17) is 4.74 Å². The van der Waals surface area contributed by atoms with Gasteiger partial charge in [-0.1, -0.05) is 36.4 Å². The van der Waals surface area contributed by atoms with Crippen LogP contribution in [-0.4, -0.2) is 37.5 Å². The van der Waals surface area contributed by atoms with Crippen LogP contribution in [0.25, 0.3) is 0 Å². The predicted octanol–water partition coefficient (Wildman–Crippen LogP) is 2.62. The van der Waals surface area contributed by atoms with E-state index >= 15 is 0 Å². The summed E-state index contributed by atoms with van der Waals surface area (Å²) < 4.78 is 33.2. The summed E-state index contributed by atoms with van der Waals surface area (Å²) in [6.07, 6.45) is 3.30. The van der Waals surface area contributed by atoms with Gasteiger partial charge in [-0.3, -0.25) is 0 Å². The maximum atomic E-state index is 13.1. The Morgan fingerprint density at radius 3 is 2.42 bits per heavy atom. The number of hydrogen-bond acceptors (Lipinski definition) is 4. The monoisotopic (exact) mass is 344 g/mol. The van der Waals surface area contributed by atoms with Gasteiger partial charge in [0.2, 0.25) is 0 Å². The van der Waals surface area contributed by atoms with Crippen molar-refractivity contribution in [2.45, 2.75) is 23.9 Å². The summed E-state index contributed by atoms with van der Waals surface area (Å²) in [5.74, 6) is 0. The van der Waals surface area contributed by atoms with Crippen LogP contribution in [0.5, 0.6) is 0 Å². The zero-order valence-corrected chi connectivity index (χ0v) is 14.2. The van der Waals surface area contributed by atoms with E-state index in [1.165, 1.54) is 6.20 Å². The first-order valence-electron chi connectivity index (χ1n) is 8.19. The molecule has 0 N–H and O–H groups in total. The van der Waals surface area contributed by atoms with E-state index in [2.05, 4.69) is 4.98 Å². The van der Waals surface area contributed by atoms with Crippen molar-refractivity contribution in [3.63, 3.8) is 0 Å². The number of ether oxygens (including phenoxy) is 1. The van der Waals surface area contributed by atoms with E-state index in [1.807, 2.05) is 30.3 Å².